The summed E-state index contributed by atoms with van der Waals surface area (Å²) in [6.07, 6.45) is 7.46. The van der Waals surface area contributed by atoms with Crippen molar-refractivity contribution in [3.63, 3.8) is 0 Å². The minimum absolute atomic E-state index is 0.00528. The maximum atomic E-state index is 13.0. The monoisotopic (exact) mass is 519 g/mol. The Kier molecular flexibility index (Phi) is 13.0. The van der Waals surface area contributed by atoms with E-state index >= 15 is 0 Å². The predicted octanol–water partition coefficient (Wildman–Crippen LogP) is 4.62. The normalized spacial score (nSPS) is 15.7. The Balaban J connectivity index is 1.80. The van der Waals surface area contributed by atoms with E-state index in [2.05, 4.69) is 10.6 Å². The fraction of sp³-hybridized carbons (Fsp3) is 0.679. The van der Waals surface area contributed by atoms with Crippen LogP contribution < -0.4 is 16.1 Å². The van der Waals surface area contributed by atoms with Crippen LogP contribution in [-0.4, -0.2) is 46.8 Å². The zero-order chi connectivity index (χ0) is 27.3. The largest absolute Gasteiger partial charge is 0.461 e. The molecule has 37 heavy (non-hydrogen) atoms. The van der Waals surface area contributed by atoms with E-state index in [1.807, 2.05) is 52.0 Å². The van der Waals surface area contributed by atoms with Crippen molar-refractivity contribution in [1.29, 1.82) is 0 Å². The number of amides is 2. The van der Waals surface area contributed by atoms with Crippen LogP contribution in [0.5, 0.6) is 0 Å². The maximum Gasteiger partial charge on any atom is 0.326 e. The molecule has 208 valence electrons. The topological polar surface area (TPSA) is 126 Å². The van der Waals surface area contributed by atoms with Gasteiger partial charge in [0.05, 0.1) is 11.7 Å². The number of carbonyl (C=O) groups is 3. The summed E-state index contributed by atoms with van der Waals surface area (Å²) in [6, 6.07) is 6.96. The van der Waals surface area contributed by atoms with Crippen molar-refractivity contribution in [2.75, 3.05) is 5.32 Å². The highest BCUT2D eigenvalue weighted by atomic mass is 16.6. The third-order valence-electron chi connectivity index (χ3n) is 6.29. The van der Waals surface area contributed by atoms with Gasteiger partial charge in [0.2, 0.25) is 11.8 Å². The van der Waals surface area contributed by atoms with Crippen LogP contribution in [0.3, 0.4) is 0 Å². The van der Waals surface area contributed by atoms with E-state index in [1.54, 1.807) is 5.48 Å². The van der Waals surface area contributed by atoms with Crippen LogP contribution in [-0.2, 0) is 30.4 Å². The standard InChI is InChI=1S/C28H45N3O6/c1-20(37-28(2,3)4)26(27(34)36-23-11-9-10-12-23)29-19-21-15-17-22(18-16-21)30-24(32)13-7-5-6-8-14-25(33)31-35/h15-18,20,23,26,29,35H,5-14,19H2,1-4H3,(H,30,32)(H,31,33)/t20?,26-/m0/s1. The Morgan fingerprint density at radius 2 is 1.57 bits per heavy atom. The SMILES string of the molecule is CC(OC(C)(C)C)[C@H](NCc1ccc(NC(=O)CCCCCCC(=O)NO)cc1)C(=O)OC1CCCC1. The summed E-state index contributed by atoms with van der Waals surface area (Å²) in [7, 11) is 0. The molecular weight excluding hydrogens is 474 g/mol. The number of carbonyl (C=O) groups excluding carboxylic acids is 3. The van der Waals surface area contributed by atoms with Gasteiger partial charge in [-0.25, -0.2) is 5.48 Å². The smallest absolute Gasteiger partial charge is 0.326 e. The lowest BCUT2D eigenvalue weighted by atomic mass is 10.1. The van der Waals surface area contributed by atoms with Crippen molar-refractivity contribution < 1.29 is 29.1 Å². The summed E-state index contributed by atoms with van der Waals surface area (Å²) in [5.41, 5.74) is 2.93. The first-order chi connectivity index (χ1) is 17.6. The van der Waals surface area contributed by atoms with E-state index in [0.717, 1.165) is 56.2 Å². The summed E-state index contributed by atoms with van der Waals surface area (Å²) in [4.78, 5) is 36.2. The van der Waals surface area contributed by atoms with Gasteiger partial charge in [0, 0.05) is 25.1 Å². The van der Waals surface area contributed by atoms with Gasteiger partial charge in [0.25, 0.3) is 0 Å². The van der Waals surface area contributed by atoms with Gasteiger partial charge in [0.1, 0.15) is 12.1 Å². The molecule has 0 spiro atoms. The fourth-order valence-electron chi connectivity index (χ4n) is 4.45. The molecule has 1 unspecified atom stereocenters. The van der Waals surface area contributed by atoms with Crippen LogP contribution in [0.15, 0.2) is 24.3 Å². The summed E-state index contributed by atoms with van der Waals surface area (Å²) in [6.45, 7) is 8.26. The molecule has 9 heteroatoms. The van der Waals surface area contributed by atoms with Crippen LogP contribution in [0, 0.1) is 0 Å². The fourth-order valence-corrected chi connectivity index (χ4v) is 4.45. The second-order valence-electron chi connectivity index (χ2n) is 10.8. The summed E-state index contributed by atoms with van der Waals surface area (Å²) < 4.78 is 11.8. The molecule has 1 aliphatic carbocycles. The number of hydroxylamine groups is 1. The van der Waals surface area contributed by atoms with Gasteiger partial charge >= 0.3 is 5.97 Å². The first kappa shape index (κ1) is 30.7. The molecule has 1 aromatic rings. The highest BCUT2D eigenvalue weighted by Crippen LogP contribution is 2.23. The number of ether oxygens (including phenoxy) is 2. The van der Waals surface area contributed by atoms with Gasteiger partial charge < -0.3 is 14.8 Å². The van der Waals surface area contributed by atoms with E-state index < -0.39 is 6.04 Å². The Labute approximate surface area is 221 Å². The molecule has 2 rings (SSSR count). The zero-order valence-corrected chi connectivity index (χ0v) is 22.8. The number of hydrogen-bond acceptors (Lipinski definition) is 7. The zero-order valence-electron chi connectivity index (χ0n) is 22.8. The van der Waals surface area contributed by atoms with Crippen LogP contribution in [0.4, 0.5) is 5.69 Å². The van der Waals surface area contributed by atoms with Gasteiger partial charge in [-0.15, -0.1) is 0 Å². The lowest BCUT2D eigenvalue weighted by molar-refractivity contribution is -0.159. The minimum atomic E-state index is -0.586. The van der Waals surface area contributed by atoms with Gasteiger partial charge in [-0.3, -0.25) is 24.9 Å². The maximum absolute atomic E-state index is 13.0. The Morgan fingerprint density at radius 3 is 2.14 bits per heavy atom. The molecule has 1 saturated carbocycles. The van der Waals surface area contributed by atoms with Crippen molar-refractivity contribution in [2.24, 2.45) is 0 Å². The predicted molar refractivity (Wildman–Crippen MR) is 142 cm³/mol. The van der Waals surface area contributed by atoms with Crippen molar-refractivity contribution in [3.05, 3.63) is 29.8 Å². The number of hydrogen-bond donors (Lipinski definition) is 4. The molecule has 2 atom stereocenters. The average molecular weight is 520 g/mol. The molecule has 1 fully saturated rings. The molecule has 9 nitrogen and oxygen atoms in total. The van der Waals surface area contributed by atoms with E-state index in [9.17, 15) is 14.4 Å². The van der Waals surface area contributed by atoms with E-state index in [0.29, 0.717) is 19.4 Å². The quantitative estimate of drug-likeness (QED) is 0.115. The Bertz CT molecular complexity index is 846. The molecule has 0 aliphatic heterocycles. The minimum Gasteiger partial charge on any atom is -0.461 e. The van der Waals surface area contributed by atoms with Gasteiger partial charge in [-0.05, 0) is 83.9 Å². The van der Waals surface area contributed by atoms with Crippen LogP contribution in [0.2, 0.25) is 0 Å². The Hall–Kier alpha value is -2.49. The number of anilines is 1. The second-order valence-corrected chi connectivity index (χ2v) is 10.8. The number of rotatable bonds is 15. The van der Waals surface area contributed by atoms with Crippen molar-refractivity contribution in [3.8, 4) is 0 Å². The van der Waals surface area contributed by atoms with Crippen molar-refractivity contribution in [1.82, 2.24) is 10.8 Å². The molecule has 0 bridgehead atoms. The number of benzene rings is 1. The van der Waals surface area contributed by atoms with E-state index in [1.165, 1.54) is 0 Å². The molecule has 0 heterocycles. The molecule has 0 radical (unpaired) electrons. The van der Waals surface area contributed by atoms with Crippen LogP contribution >= 0.6 is 0 Å². The van der Waals surface area contributed by atoms with Crippen LogP contribution in [0.1, 0.15) is 97.5 Å². The molecule has 4 N–H and O–H groups in total. The second kappa shape index (κ2) is 15.7. The Morgan fingerprint density at radius 1 is 0.973 bits per heavy atom. The van der Waals surface area contributed by atoms with Gasteiger partial charge in [-0.2, -0.15) is 0 Å². The van der Waals surface area contributed by atoms with E-state index in [-0.39, 0.29) is 42.0 Å². The lowest BCUT2D eigenvalue weighted by Gasteiger charge is -2.31. The third-order valence-corrected chi connectivity index (χ3v) is 6.29. The number of esters is 1. The first-order valence-corrected chi connectivity index (χ1v) is 13.5. The molecule has 1 aliphatic rings. The number of nitrogens with one attached hydrogen (secondary N) is 3. The highest BCUT2D eigenvalue weighted by molar-refractivity contribution is 5.90. The van der Waals surface area contributed by atoms with Crippen molar-refractivity contribution >= 4 is 23.5 Å². The molecule has 1 aromatic carbocycles. The average Bonchev–Trinajstić information content (AvgIpc) is 3.34. The van der Waals surface area contributed by atoms with Crippen molar-refractivity contribution in [2.45, 2.75) is 122 Å². The summed E-state index contributed by atoms with van der Waals surface area (Å²) >= 11 is 0. The van der Waals surface area contributed by atoms with Crippen LogP contribution in [0.25, 0.3) is 0 Å². The third kappa shape index (κ3) is 12.5. The molecular formula is C28H45N3O6. The first-order valence-electron chi connectivity index (χ1n) is 13.5. The molecule has 0 aromatic heterocycles. The van der Waals surface area contributed by atoms with Gasteiger partial charge in [-0.1, -0.05) is 25.0 Å². The number of unbranched alkanes of at least 4 members (excludes halogenated alkanes) is 3. The summed E-state index contributed by atoms with van der Waals surface area (Å²) in [5.74, 6) is -0.713. The molecule has 2 amide bonds. The van der Waals surface area contributed by atoms with Gasteiger partial charge in [0.15, 0.2) is 0 Å². The van der Waals surface area contributed by atoms with E-state index in [4.69, 9.17) is 14.7 Å². The highest BCUT2D eigenvalue weighted by Gasteiger charge is 2.32. The summed E-state index contributed by atoms with van der Waals surface area (Å²) in [5, 5.41) is 14.7. The molecule has 0 saturated heterocycles. The lowest BCUT2D eigenvalue weighted by Crippen LogP contribution is -2.49.